The molecule has 1 aliphatic rings. The third kappa shape index (κ3) is 7.49. The largest absolute Gasteiger partial charge is 0.376 e. The summed E-state index contributed by atoms with van der Waals surface area (Å²) in [6.07, 6.45) is 6.24. The summed E-state index contributed by atoms with van der Waals surface area (Å²) in [5.74, 6) is -0.390. The zero-order valence-electron chi connectivity index (χ0n) is 11.4. The van der Waals surface area contributed by atoms with Crippen LogP contribution in [-0.2, 0) is 19.4 Å². The molecule has 112 valence electrons. The molecule has 0 heterocycles. The summed E-state index contributed by atoms with van der Waals surface area (Å²) in [4.78, 5) is 11.6. The maximum absolute atomic E-state index is 11.6. The Kier molecular flexibility index (Phi) is 6.74. The molecular weight excluding hydrogens is 268 g/mol. The van der Waals surface area contributed by atoms with Crippen LogP contribution >= 0.6 is 0 Å². The molecule has 0 bridgehead atoms. The molecule has 1 atom stereocenters. The van der Waals surface area contributed by atoms with Gasteiger partial charge in [-0.15, -0.1) is 0 Å². The van der Waals surface area contributed by atoms with Gasteiger partial charge in [0.2, 0.25) is 5.91 Å². The number of carbonyl (C=O) groups is 1. The molecule has 1 unspecified atom stereocenters. The maximum atomic E-state index is 11.6. The van der Waals surface area contributed by atoms with Crippen LogP contribution in [0, 0.1) is 0 Å². The van der Waals surface area contributed by atoms with E-state index in [4.69, 9.17) is 10.5 Å². The van der Waals surface area contributed by atoms with Gasteiger partial charge in [-0.1, -0.05) is 12.8 Å². The van der Waals surface area contributed by atoms with Crippen molar-refractivity contribution in [2.24, 2.45) is 5.73 Å². The predicted molar refractivity (Wildman–Crippen MR) is 73.5 cm³/mol. The number of carbonyl (C=O) groups excluding carboxylic acids is 1. The van der Waals surface area contributed by atoms with E-state index in [0.29, 0.717) is 19.3 Å². The first kappa shape index (κ1) is 16.4. The van der Waals surface area contributed by atoms with Gasteiger partial charge in [-0.2, -0.15) is 0 Å². The van der Waals surface area contributed by atoms with Gasteiger partial charge in [0, 0.05) is 12.8 Å². The van der Waals surface area contributed by atoms with Gasteiger partial charge >= 0.3 is 0 Å². The Labute approximate surface area is 115 Å². The normalized spacial score (nSPS) is 18.4. The fraction of sp³-hybridized carbons (Fsp3) is 0.917. The van der Waals surface area contributed by atoms with E-state index in [0.717, 1.165) is 19.1 Å². The van der Waals surface area contributed by atoms with Crippen LogP contribution in [0.4, 0.5) is 0 Å². The molecule has 3 N–H and O–H groups in total. The number of sulfone groups is 1. The Morgan fingerprint density at radius 3 is 2.63 bits per heavy atom. The van der Waals surface area contributed by atoms with E-state index < -0.39 is 15.9 Å². The van der Waals surface area contributed by atoms with Gasteiger partial charge in [-0.05, 0) is 19.3 Å². The van der Waals surface area contributed by atoms with E-state index in [-0.39, 0.29) is 18.1 Å². The SMILES string of the molecule is CS(=O)(=O)CCC(N)C(=O)NCCOC1CCCC1. The number of hydrogen-bond donors (Lipinski definition) is 2. The molecule has 0 spiro atoms. The average Bonchev–Trinajstić information content (AvgIpc) is 2.83. The molecule has 0 saturated heterocycles. The van der Waals surface area contributed by atoms with Crippen molar-refractivity contribution in [3.63, 3.8) is 0 Å². The second-order valence-corrected chi connectivity index (χ2v) is 7.35. The first-order valence-corrected chi connectivity index (χ1v) is 8.77. The summed E-state index contributed by atoms with van der Waals surface area (Å²) in [6, 6.07) is -0.777. The lowest BCUT2D eigenvalue weighted by molar-refractivity contribution is -0.122. The molecule has 0 aromatic rings. The molecule has 1 saturated carbocycles. The molecule has 1 amide bonds. The third-order valence-corrected chi connectivity index (χ3v) is 4.17. The first-order valence-electron chi connectivity index (χ1n) is 6.71. The fourth-order valence-corrected chi connectivity index (χ4v) is 2.74. The van der Waals surface area contributed by atoms with Crippen LogP contribution in [-0.4, -0.2) is 51.6 Å². The van der Waals surface area contributed by atoms with Crippen molar-refractivity contribution in [3.05, 3.63) is 0 Å². The minimum atomic E-state index is -3.07. The van der Waals surface area contributed by atoms with Crippen molar-refractivity contribution in [1.82, 2.24) is 5.32 Å². The second kappa shape index (κ2) is 7.81. The van der Waals surface area contributed by atoms with Crippen LogP contribution in [0.2, 0.25) is 0 Å². The highest BCUT2D eigenvalue weighted by atomic mass is 32.2. The van der Waals surface area contributed by atoms with Gasteiger partial charge < -0.3 is 15.8 Å². The Morgan fingerprint density at radius 1 is 1.42 bits per heavy atom. The Morgan fingerprint density at radius 2 is 2.05 bits per heavy atom. The molecule has 1 fully saturated rings. The van der Waals surface area contributed by atoms with Crippen LogP contribution in [0.1, 0.15) is 32.1 Å². The van der Waals surface area contributed by atoms with Crippen LogP contribution in [0.3, 0.4) is 0 Å². The van der Waals surface area contributed by atoms with E-state index in [9.17, 15) is 13.2 Å². The lowest BCUT2D eigenvalue weighted by atomic mass is 10.2. The number of ether oxygens (including phenoxy) is 1. The van der Waals surface area contributed by atoms with Crippen LogP contribution in [0.25, 0.3) is 0 Å². The fourth-order valence-electron chi connectivity index (χ4n) is 2.06. The summed E-state index contributed by atoms with van der Waals surface area (Å²) < 4.78 is 27.5. The minimum absolute atomic E-state index is 0.0693. The van der Waals surface area contributed by atoms with Crippen LogP contribution < -0.4 is 11.1 Å². The van der Waals surface area contributed by atoms with Crippen molar-refractivity contribution < 1.29 is 17.9 Å². The Hall–Kier alpha value is -0.660. The van der Waals surface area contributed by atoms with Gasteiger partial charge in [0.05, 0.1) is 24.5 Å². The van der Waals surface area contributed by atoms with Crippen molar-refractivity contribution in [2.75, 3.05) is 25.2 Å². The van der Waals surface area contributed by atoms with Crippen molar-refractivity contribution in [3.8, 4) is 0 Å². The summed E-state index contributed by atoms with van der Waals surface area (Å²) in [5, 5.41) is 2.66. The zero-order valence-corrected chi connectivity index (χ0v) is 12.2. The average molecular weight is 292 g/mol. The van der Waals surface area contributed by atoms with Crippen molar-refractivity contribution >= 4 is 15.7 Å². The smallest absolute Gasteiger partial charge is 0.237 e. The van der Waals surface area contributed by atoms with Gasteiger partial charge in [-0.25, -0.2) is 8.42 Å². The predicted octanol–water partition coefficient (Wildman–Crippen LogP) is -0.176. The monoisotopic (exact) mass is 292 g/mol. The highest BCUT2D eigenvalue weighted by Crippen LogP contribution is 2.20. The maximum Gasteiger partial charge on any atom is 0.237 e. The highest BCUT2D eigenvalue weighted by molar-refractivity contribution is 7.90. The number of hydrogen-bond acceptors (Lipinski definition) is 5. The quantitative estimate of drug-likeness (QED) is 0.605. The molecular formula is C12H24N2O4S. The van der Waals surface area contributed by atoms with Crippen LogP contribution in [0.15, 0.2) is 0 Å². The van der Waals surface area contributed by atoms with E-state index in [2.05, 4.69) is 5.32 Å². The summed E-state index contributed by atoms with van der Waals surface area (Å²) in [5.41, 5.74) is 5.61. The molecule has 0 aromatic carbocycles. The third-order valence-electron chi connectivity index (χ3n) is 3.19. The first-order chi connectivity index (χ1) is 8.88. The summed E-state index contributed by atoms with van der Waals surface area (Å²) >= 11 is 0. The van der Waals surface area contributed by atoms with Gasteiger partial charge in [0.25, 0.3) is 0 Å². The van der Waals surface area contributed by atoms with Gasteiger partial charge in [0.15, 0.2) is 0 Å². The standard InChI is InChI=1S/C12H24N2O4S/c1-19(16,17)9-6-11(13)12(15)14-7-8-18-10-4-2-3-5-10/h10-11H,2-9,13H2,1H3,(H,14,15). The Balaban J connectivity index is 2.08. The molecule has 1 rings (SSSR count). The summed E-state index contributed by atoms with van der Waals surface area (Å²) in [6.45, 7) is 0.900. The van der Waals surface area contributed by atoms with Crippen LogP contribution in [0.5, 0.6) is 0 Å². The molecule has 19 heavy (non-hydrogen) atoms. The van der Waals surface area contributed by atoms with Gasteiger partial charge in [0.1, 0.15) is 9.84 Å². The second-order valence-electron chi connectivity index (χ2n) is 5.09. The number of nitrogens with one attached hydrogen (secondary N) is 1. The number of amides is 1. The minimum Gasteiger partial charge on any atom is -0.376 e. The Bertz CT molecular complexity index is 377. The number of rotatable bonds is 8. The highest BCUT2D eigenvalue weighted by Gasteiger charge is 2.17. The molecule has 0 aliphatic heterocycles. The van der Waals surface area contributed by atoms with Crippen molar-refractivity contribution in [2.45, 2.75) is 44.2 Å². The van der Waals surface area contributed by atoms with E-state index in [1.165, 1.54) is 12.8 Å². The molecule has 7 heteroatoms. The number of nitrogens with two attached hydrogens (primary N) is 1. The van der Waals surface area contributed by atoms with E-state index in [1.54, 1.807) is 0 Å². The molecule has 1 aliphatic carbocycles. The topological polar surface area (TPSA) is 98.5 Å². The van der Waals surface area contributed by atoms with E-state index in [1.807, 2.05) is 0 Å². The summed E-state index contributed by atoms with van der Waals surface area (Å²) in [7, 11) is -3.07. The lowest BCUT2D eigenvalue weighted by Crippen LogP contribution is -2.42. The van der Waals surface area contributed by atoms with E-state index >= 15 is 0 Å². The molecule has 0 radical (unpaired) electrons. The lowest BCUT2D eigenvalue weighted by Gasteiger charge is -2.14. The van der Waals surface area contributed by atoms with Crippen molar-refractivity contribution in [1.29, 1.82) is 0 Å². The van der Waals surface area contributed by atoms with Gasteiger partial charge in [-0.3, -0.25) is 4.79 Å². The zero-order chi connectivity index (χ0) is 14.3. The molecule has 6 nitrogen and oxygen atoms in total. The molecule has 0 aromatic heterocycles.